The number of aromatic amines is 1. The number of nitriles is 1. The van der Waals surface area contributed by atoms with Crippen LogP contribution < -0.4 is 0 Å². The van der Waals surface area contributed by atoms with E-state index in [1.807, 2.05) is 49.4 Å². The van der Waals surface area contributed by atoms with Crippen LogP contribution in [0.15, 0.2) is 65.3 Å². The van der Waals surface area contributed by atoms with E-state index in [4.69, 9.17) is 9.78 Å². The molecule has 0 aliphatic carbocycles. The molecular weight excluding hydrogens is 312 g/mol. The average molecular weight is 326 g/mol. The molecule has 25 heavy (non-hydrogen) atoms. The van der Waals surface area contributed by atoms with Crippen molar-refractivity contribution in [2.75, 3.05) is 0 Å². The Kier molecular flexibility index (Phi) is 3.64. The number of nitrogens with one attached hydrogen (secondary N) is 1. The lowest BCUT2D eigenvalue weighted by Crippen LogP contribution is -1.85. The van der Waals surface area contributed by atoms with E-state index in [0.29, 0.717) is 5.56 Å². The quantitative estimate of drug-likeness (QED) is 0.598. The van der Waals surface area contributed by atoms with Crippen LogP contribution in [0, 0.1) is 18.3 Å². The first kappa shape index (κ1) is 14.9. The summed E-state index contributed by atoms with van der Waals surface area (Å²) in [6.45, 7) is 1.89. The molecule has 4 rings (SSSR count). The monoisotopic (exact) mass is 326 g/mol. The minimum atomic E-state index is 0.622. The lowest BCUT2D eigenvalue weighted by molar-refractivity contribution is 0.400. The Labute approximate surface area is 144 Å². The number of imidazole rings is 1. The van der Waals surface area contributed by atoms with Crippen molar-refractivity contribution >= 4 is 0 Å². The zero-order valence-electron chi connectivity index (χ0n) is 13.5. The van der Waals surface area contributed by atoms with E-state index in [2.05, 4.69) is 21.2 Å². The Morgan fingerprint density at radius 2 is 1.76 bits per heavy atom. The molecule has 5 nitrogen and oxygen atoms in total. The molecule has 5 heteroatoms. The molecule has 120 valence electrons. The van der Waals surface area contributed by atoms with Crippen LogP contribution in [0.1, 0.15) is 11.3 Å². The fourth-order valence-corrected chi connectivity index (χ4v) is 2.78. The number of hydrogen-bond donors (Lipinski definition) is 1. The Hall–Kier alpha value is -3.65. The molecule has 0 atom stereocenters. The second-order valence-corrected chi connectivity index (χ2v) is 5.66. The van der Waals surface area contributed by atoms with Gasteiger partial charge >= 0.3 is 0 Å². The first-order valence-electron chi connectivity index (χ1n) is 7.84. The van der Waals surface area contributed by atoms with Gasteiger partial charge in [-0.25, -0.2) is 4.98 Å². The van der Waals surface area contributed by atoms with Crippen molar-refractivity contribution in [1.29, 1.82) is 5.26 Å². The maximum absolute atomic E-state index is 8.91. The molecule has 2 aromatic heterocycles. The van der Waals surface area contributed by atoms with Gasteiger partial charge in [0.1, 0.15) is 17.3 Å². The highest BCUT2D eigenvalue weighted by Crippen LogP contribution is 2.34. The number of hydrogen-bond acceptors (Lipinski definition) is 4. The lowest BCUT2D eigenvalue weighted by atomic mass is 10.0. The highest BCUT2D eigenvalue weighted by atomic mass is 16.5. The molecule has 0 aliphatic heterocycles. The number of rotatable bonds is 3. The second-order valence-electron chi connectivity index (χ2n) is 5.66. The van der Waals surface area contributed by atoms with Crippen molar-refractivity contribution < 1.29 is 4.52 Å². The summed E-state index contributed by atoms with van der Waals surface area (Å²) < 4.78 is 5.42. The van der Waals surface area contributed by atoms with Gasteiger partial charge in [0.15, 0.2) is 0 Å². The van der Waals surface area contributed by atoms with Crippen LogP contribution in [0.5, 0.6) is 0 Å². The standard InChI is InChI=1S/C20H14N4O/c1-13-18(19(24-25-13)15-5-3-2-4-6-15)17-12-22-20(23-17)16-9-7-14(11-21)8-10-16/h2-10,12H,1H3,(H,22,23). The molecule has 4 aromatic rings. The van der Waals surface area contributed by atoms with E-state index < -0.39 is 0 Å². The summed E-state index contributed by atoms with van der Waals surface area (Å²) in [4.78, 5) is 7.79. The molecule has 0 saturated heterocycles. The smallest absolute Gasteiger partial charge is 0.143 e. The zero-order chi connectivity index (χ0) is 17.2. The molecule has 0 spiro atoms. The van der Waals surface area contributed by atoms with Crippen LogP contribution in [-0.4, -0.2) is 15.1 Å². The third-order valence-corrected chi connectivity index (χ3v) is 4.04. The van der Waals surface area contributed by atoms with Crippen LogP contribution in [0.3, 0.4) is 0 Å². The maximum Gasteiger partial charge on any atom is 0.143 e. The highest BCUT2D eigenvalue weighted by molar-refractivity contribution is 5.80. The van der Waals surface area contributed by atoms with Gasteiger partial charge in [0, 0.05) is 11.1 Å². The summed E-state index contributed by atoms with van der Waals surface area (Å²) in [5, 5.41) is 13.1. The van der Waals surface area contributed by atoms with Gasteiger partial charge in [-0.05, 0) is 31.2 Å². The maximum atomic E-state index is 8.91. The minimum Gasteiger partial charge on any atom is -0.360 e. The summed E-state index contributed by atoms with van der Waals surface area (Å²) in [6.07, 6.45) is 1.78. The topological polar surface area (TPSA) is 78.5 Å². The first-order valence-corrected chi connectivity index (χ1v) is 7.84. The van der Waals surface area contributed by atoms with E-state index in [1.54, 1.807) is 18.3 Å². The molecule has 1 N–H and O–H groups in total. The zero-order valence-corrected chi connectivity index (χ0v) is 13.5. The summed E-state index contributed by atoms with van der Waals surface area (Å²) in [7, 11) is 0. The summed E-state index contributed by atoms with van der Waals surface area (Å²) in [5.74, 6) is 1.47. The molecule has 2 heterocycles. The predicted molar refractivity (Wildman–Crippen MR) is 94.4 cm³/mol. The van der Waals surface area contributed by atoms with Gasteiger partial charge in [0.05, 0.1) is 29.1 Å². The summed E-state index contributed by atoms with van der Waals surface area (Å²) >= 11 is 0. The van der Waals surface area contributed by atoms with Crippen LogP contribution in [0.4, 0.5) is 0 Å². The molecule has 0 fully saturated rings. The van der Waals surface area contributed by atoms with Crippen molar-refractivity contribution in [3.05, 3.63) is 72.1 Å². The predicted octanol–water partition coefficient (Wildman–Crippen LogP) is 4.58. The SMILES string of the molecule is Cc1onc(-c2ccccc2)c1-c1cnc(-c2ccc(C#N)cc2)[nH]1. The molecule has 0 unspecified atom stereocenters. The van der Waals surface area contributed by atoms with Crippen LogP contribution in [-0.2, 0) is 0 Å². The van der Waals surface area contributed by atoms with Crippen LogP contribution in [0.2, 0.25) is 0 Å². The van der Waals surface area contributed by atoms with Crippen LogP contribution >= 0.6 is 0 Å². The van der Waals surface area contributed by atoms with Gasteiger partial charge in [-0.15, -0.1) is 0 Å². The van der Waals surface area contributed by atoms with Gasteiger partial charge in [0.2, 0.25) is 0 Å². The van der Waals surface area contributed by atoms with Crippen molar-refractivity contribution in [2.45, 2.75) is 6.92 Å². The van der Waals surface area contributed by atoms with Crippen molar-refractivity contribution in [1.82, 2.24) is 15.1 Å². The van der Waals surface area contributed by atoms with Gasteiger partial charge in [0.25, 0.3) is 0 Å². The summed E-state index contributed by atoms with van der Waals surface area (Å²) in [5.41, 5.74) is 5.06. The molecule has 0 aliphatic rings. The number of H-pyrrole nitrogens is 1. The largest absolute Gasteiger partial charge is 0.360 e. The Morgan fingerprint density at radius 3 is 2.48 bits per heavy atom. The van der Waals surface area contributed by atoms with E-state index >= 15 is 0 Å². The summed E-state index contributed by atoms with van der Waals surface area (Å²) in [6, 6.07) is 19.3. The average Bonchev–Trinajstić information content (AvgIpc) is 3.29. The van der Waals surface area contributed by atoms with Gasteiger partial charge in [-0.1, -0.05) is 35.5 Å². The van der Waals surface area contributed by atoms with Gasteiger partial charge in [-0.3, -0.25) is 0 Å². The van der Waals surface area contributed by atoms with Crippen LogP contribution in [0.25, 0.3) is 33.9 Å². The Morgan fingerprint density at radius 1 is 1.00 bits per heavy atom. The third-order valence-electron chi connectivity index (χ3n) is 4.04. The minimum absolute atomic E-state index is 0.622. The lowest BCUT2D eigenvalue weighted by Gasteiger charge is -2.00. The number of aromatic nitrogens is 3. The Balaban J connectivity index is 1.76. The van der Waals surface area contributed by atoms with E-state index in [9.17, 15) is 0 Å². The fourth-order valence-electron chi connectivity index (χ4n) is 2.78. The molecule has 2 aromatic carbocycles. The number of aryl methyl sites for hydroxylation is 1. The van der Waals surface area contributed by atoms with E-state index in [0.717, 1.165) is 39.7 Å². The molecular formula is C20H14N4O. The first-order chi connectivity index (χ1) is 12.3. The van der Waals surface area contributed by atoms with Gasteiger partial charge < -0.3 is 9.51 Å². The number of benzene rings is 2. The van der Waals surface area contributed by atoms with Crippen molar-refractivity contribution in [3.8, 4) is 40.0 Å². The van der Waals surface area contributed by atoms with Crippen molar-refractivity contribution in [3.63, 3.8) is 0 Å². The second kappa shape index (κ2) is 6.10. The normalized spacial score (nSPS) is 10.6. The van der Waals surface area contributed by atoms with E-state index in [-0.39, 0.29) is 0 Å². The number of nitrogens with zero attached hydrogens (tertiary/aromatic N) is 3. The highest BCUT2D eigenvalue weighted by Gasteiger charge is 2.18. The molecule has 0 amide bonds. The Bertz CT molecular complexity index is 1050. The third kappa shape index (κ3) is 2.70. The molecule has 0 bridgehead atoms. The molecule has 0 radical (unpaired) electrons. The van der Waals surface area contributed by atoms with Gasteiger partial charge in [-0.2, -0.15) is 5.26 Å². The van der Waals surface area contributed by atoms with E-state index in [1.165, 1.54) is 0 Å². The van der Waals surface area contributed by atoms with Crippen molar-refractivity contribution in [2.24, 2.45) is 0 Å². The molecule has 0 saturated carbocycles. The fraction of sp³-hybridized carbons (Fsp3) is 0.0500.